The average molecular weight is 243 g/mol. The van der Waals surface area contributed by atoms with Gasteiger partial charge in [-0.25, -0.2) is 4.39 Å². The number of aliphatic hydroxyl groups excluding tert-OH is 1. The predicted octanol–water partition coefficient (Wildman–Crippen LogP) is 2.75. The largest absolute Gasteiger partial charge is 0.395 e. The monoisotopic (exact) mass is 243 g/mol. The molecule has 0 unspecified atom stereocenters. The fourth-order valence-electron chi connectivity index (χ4n) is 3.30. The van der Waals surface area contributed by atoms with Gasteiger partial charge < -0.3 is 5.11 Å². The molecule has 2 fully saturated rings. The number of piperidine rings is 1. The van der Waals surface area contributed by atoms with E-state index in [1.807, 2.05) is 0 Å². The molecular weight excluding hydrogens is 217 g/mol. The van der Waals surface area contributed by atoms with Crippen LogP contribution in [0.2, 0.25) is 0 Å². The van der Waals surface area contributed by atoms with Crippen molar-refractivity contribution in [2.24, 2.45) is 5.92 Å². The molecule has 0 amide bonds. The Morgan fingerprint density at radius 2 is 1.94 bits per heavy atom. The zero-order chi connectivity index (χ0) is 12.3. The van der Waals surface area contributed by atoms with E-state index in [1.165, 1.54) is 12.8 Å². The van der Waals surface area contributed by atoms with Gasteiger partial charge in [-0.05, 0) is 57.9 Å². The molecule has 17 heavy (non-hydrogen) atoms. The summed E-state index contributed by atoms with van der Waals surface area (Å²) in [6.07, 6.45) is 7.09. The van der Waals surface area contributed by atoms with E-state index in [9.17, 15) is 9.50 Å². The molecule has 1 saturated carbocycles. The van der Waals surface area contributed by atoms with Gasteiger partial charge in [-0.1, -0.05) is 6.42 Å². The highest BCUT2D eigenvalue weighted by atomic mass is 19.1. The van der Waals surface area contributed by atoms with E-state index in [0.717, 1.165) is 45.2 Å². The molecule has 1 aliphatic heterocycles. The second-order valence-electron chi connectivity index (χ2n) is 6.18. The summed E-state index contributed by atoms with van der Waals surface area (Å²) in [5.41, 5.74) is -0.922. The smallest absolute Gasteiger partial charge is 0.108 e. The molecule has 0 aromatic carbocycles. The first-order valence-electron chi connectivity index (χ1n) is 7.14. The van der Waals surface area contributed by atoms with Gasteiger partial charge in [0, 0.05) is 12.6 Å². The summed E-state index contributed by atoms with van der Waals surface area (Å²) in [7, 11) is 0. The van der Waals surface area contributed by atoms with Gasteiger partial charge in [-0.2, -0.15) is 0 Å². The van der Waals surface area contributed by atoms with Crippen molar-refractivity contribution in [2.45, 2.75) is 63.6 Å². The maximum atomic E-state index is 13.7. The fraction of sp³-hybridized carbons (Fsp3) is 1.00. The maximum Gasteiger partial charge on any atom is 0.108 e. The molecule has 2 aliphatic rings. The summed E-state index contributed by atoms with van der Waals surface area (Å²) >= 11 is 0. The summed E-state index contributed by atoms with van der Waals surface area (Å²) in [6.45, 7) is 4.21. The molecule has 2 rings (SSSR count). The number of nitrogens with zero attached hydrogens (tertiary/aromatic N) is 1. The van der Waals surface area contributed by atoms with Gasteiger partial charge in [-0.3, -0.25) is 4.90 Å². The van der Waals surface area contributed by atoms with Gasteiger partial charge in [0.15, 0.2) is 0 Å². The lowest BCUT2D eigenvalue weighted by Gasteiger charge is -2.39. The number of likely N-dealkylation sites (tertiary alicyclic amines) is 1. The predicted molar refractivity (Wildman–Crippen MR) is 67.8 cm³/mol. The summed E-state index contributed by atoms with van der Waals surface area (Å²) in [6, 6.07) is 0.363. The van der Waals surface area contributed by atoms with Crippen LogP contribution in [0, 0.1) is 5.92 Å². The van der Waals surface area contributed by atoms with E-state index < -0.39 is 5.67 Å². The van der Waals surface area contributed by atoms with Crippen molar-refractivity contribution in [3.05, 3.63) is 0 Å². The molecule has 1 atom stereocenters. The first kappa shape index (κ1) is 13.3. The van der Waals surface area contributed by atoms with Gasteiger partial charge in [0.05, 0.1) is 6.61 Å². The Morgan fingerprint density at radius 1 is 1.24 bits per heavy atom. The second-order valence-corrected chi connectivity index (χ2v) is 6.18. The molecule has 1 N–H and O–H groups in total. The Bertz CT molecular complexity index is 234. The number of halogens is 1. The minimum Gasteiger partial charge on any atom is -0.395 e. The molecule has 0 aromatic heterocycles. The average Bonchev–Trinajstić information content (AvgIpc) is 2.32. The third kappa shape index (κ3) is 3.65. The Balaban J connectivity index is 1.80. The van der Waals surface area contributed by atoms with Crippen LogP contribution in [0.1, 0.15) is 51.9 Å². The number of alkyl halides is 1. The van der Waals surface area contributed by atoms with Crippen molar-refractivity contribution in [2.75, 3.05) is 19.7 Å². The van der Waals surface area contributed by atoms with Crippen LogP contribution < -0.4 is 0 Å². The lowest BCUT2D eigenvalue weighted by Crippen LogP contribution is -2.45. The van der Waals surface area contributed by atoms with Crippen molar-refractivity contribution in [1.82, 2.24) is 4.90 Å². The van der Waals surface area contributed by atoms with Gasteiger partial charge in [-0.15, -0.1) is 0 Å². The van der Waals surface area contributed by atoms with Crippen LogP contribution in [-0.4, -0.2) is 41.4 Å². The standard InChI is InChI=1S/C14H26FNO/c1-14(15)7-5-12(6-8-14)10-16-9-3-2-4-13(16)11-17/h12-13,17H,2-11H2,1H3/t12?,13-,14?/m0/s1. The molecule has 3 heteroatoms. The summed E-state index contributed by atoms with van der Waals surface area (Å²) in [4.78, 5) is 2.44. The van der Waals surface area contributed by atoms with Crippen LogP contribution >= 0.6 is 0 Å². The van der Waals surface area contributed by atoms with Crippen LogP contribution in [-0.2, 0) is 0 Å². The van der Waals surface area contributed by atoms with E-state index in [-0.39, 0.29) is 6.61 Å². The Morgan fingerprint density at radius 3 is 2.59 bits per heavy atom. The van der Waals surface area contributed by atoms with E-state index in [2.05, 4.69) is 4.90 Å². The van der Waals surface area contributed by atoms with Crippen molar-refractivity contribution in [1.29, 1.82) is 0 Å². The molecule has 100 valence electrons. The van der Waals surface area contributed by atoms with Crippen molar-refractivity contribution >= 4 is 0 Å². The molecule has 1 heterocycles. The van der Waals surface area contributed by atoms with Crippen molar-refractivity contribution in [3.63, 3.8) is 0 Å². The number of rotatable bonds is 3. The number of hydrogen-bond acceptors (Lipinski definition) is 2. The van der Waals surface area contributed by atoms with Crippen LogP contribution in [0.4, 0.5) is 4.39 Å². The molecule has 0 bridgehead atoms. The van der Waals surface area contributed by atoms with E-state index >= 15 is 0 Å². The molecule has 0 aromatic rings. The highest BCUT2D eigenvalue weighted by molar-refractivity contribution is 4.85. The van der Waals surface area contributed by atoms with Crippen LogP contribution in [0.5, 0.6) is 0 Å². The minimum absolute atomic E-state index is 0.285. The van der Waals surface area contributed by atoms with Crippen LogP contribution in [0.3, 0.4) is 0 Å². The zero-order valence-corrected chi connectivity index (χ0v) is 11.0. The van der Waals surface area contributed by atoms with Crippen molar-refractivity contribution in [3.8, 4) is 0 Å². The van der Waals surface area contributed by atoms with Gasteiger partial charge in [0.25, 0.3) is 0 Å². The van der Waals surface area contributed by atoms with E-state index in [0.29, 0.717) is 12.0 Å². The highest BCUT2D eigenvalue weighted by Gasteiger charge is 2.32. The van der Waals surface area contributed by atoms with E-state index in [1.54, 1.807) is 6.92 Å². The van der Waals surface area contributed by atoms with E-state index in [4.69, 9.17) is 0 Å². The van der Waals surface area contributed by atoms with Gasteiger partial charge in [0.2, 0.25) is 0 Å². The number of aliphatic hydroxyl groups is 1. The second kappa shape index (κ2) is 5.66. The summed E-state index contributed by atoms with van der Waals surface area (Å²) < 4.78 is 13.7. The third-order valence-electron chi connectivity index (χ3n) is 4.60. The number of hydrogen-bond donors (Lipinski definition) is 1. The topological polar surface area (TPSA) is 23.5 Å². The Hall–Kier alpha value is -0.150. The highest BCUT2D eigenvalue weighted by Crippen LogP contribution is 2.35. The molecule has 1 saturated heterocycles. The Kier molecular flexibility index (Phi) is 4.42. The zero-order valence-electron chi connectivity index (χ0n) is 11.0. The first-order chi connectivity index (χ1) is 8.11. The SMILES string of the molecule is CC1(F)CCC(CN2CCCC[C@H]2CO)CC1. The Labute approximate surface area is 104 Å². The summed E-state index contributed by atoms with van der Waals surface area (Å²) in [5, 5.41) is 9.37. The third-order valence-corrected chi connectivity index (χ3v) is 4.60. The van der Waals surface area contributed by atoms with Gasteiger partial charge >= 0.3 is 0 Å². The molecule has 0 spiro atoms. The summed E-state index contributed by atoms with van der Waals surface area (Å²) in [5.74, 6) is 0.644. The normalized spacial score (nSPS) is 40.4. The molecule has 2 nitrogen and oxygen atoms in total. The quantitative estimate of drug-likeness (QED) is 0.824. The molecule has 1 aliphatic carbocycles. The van der Waals surface area contributed by atoms with Gasteiger partial charge in [0.1, 0.15) is 5.67 Å². The fourth-order valence-corrected chi connectivity index (χ4v) is 3.30. The minimum atomic E-state index is -0.922. The van der Waals surface area contributed by atoms with Crippen LogP contribution in [0.15, 0.2) is 0 Å². The lowest BCUT2D eigenvalue weighted by molar-refractivity contribution is 0.0469. The van der Waals surface area contributed by atoms with Crippen molar-refractivity contribution < 1.29 is 9.50 Å². The molecular formula is C14H26FNO. The van der Waals surface area contributed by atoms with Crippen LogP contribution in [0.25, 0.3) is 0 Å². The lowest BCUT2D eigenvalue weighted by atomic mass is 9.80. The first-order valence-corrected chi connectivity index (χ1v) is 7.14. The molecule has 0 radical (unpaired) electrons. The maximum absolute atomic E-state index is 13.7.